The summed E-state index contributed by atoms with van der Waals surface area (Å²) in [5.74, 6) is -2.07. The van der Waals surface area contributed by atoms with Gasteiger partial charge in [0.2, 0.25) is 5.91 Å². The maximum absolute atomic E-state index is 12.8. The van der Waals surface area contributed by atoms with Gasteiger partial charge in [-0.2, -0.15) is 0 Å². The topological polar surface area (TPSA) is 55.1 Å². The van der Waals surface area contributed by atoms with Crippen molar-refractivity contribution in [2.24, 2.45) is 5.73 Å². The Morgan fingerprint density at radius 1 is 1.31 bits per heavy atom. The molecule has 0 bridgehead atoms. The fraction of sp³-hybridized carbons (Fsp3) is 0.364. The lowest BCUT2D eigenvalue weighted by Gasteiger charge is -2.04. The Balaban J connectivity index is 2.46. The third-order valence-corrected chi connectivity index (χ3v) is 2.05. The van der Waals surface area contributed by atoms with Gasteiger partial charge in [-0.3, -0.25) is 4.79 Å². The van der Waals surface area contributed by atoms with Crippen LogP contribution in [0.15, 0.2) is 18.2 Å². The number of nitrogens with one attached hydrogen (secondary N) is 1. The summed E-state index contributed by atoms with van der Waals surface area (Å²) < 4.78 is 25.4. The van der Waals surface area contributed by atoms with Crippen molar-refractivity contribution in [3.8, 4) is 0 Å². The molecule has 16 heavy (non-hydrogen) atoms. The molecule has 0 atom stereocenters. The van der Waals surface area contributed by atoms with Gasteiger partial charge in [-0.05, 0) is 30.7 Å². The van der Waals surface area contributed by atoms with Crippen LogP contribution in [0.25, 0.3) is 0 Å². The van der Waals surface area contributed by atoms with Crippen LogP contribution in [0.1, 0.15) is 12.0 Å². The molecule has 0 heterocycles. The summed E-state index contributed by atoms with van der Waals surface area (Å²) >= 11 is 0. The van der Waals surface area contributed by atoms with E-state index in [2.05, 4.69) is 5.32 Å². The highest BCUT2D eigenvalue weighted by Gasteiger charge is 2.06. The summed E-state index contributed by atoms with van der Waals surface area (Å²) in [7, 11) is 0. The molecular weight excluding hydrogens is 214 g/mol. The molecule has 0 saturated carbocycles. The number of rotatable bonds is 5. The molecule has 88 valence electrons. The summed E-state index contributed by atoms with van der Waals surface area (Å²) in [5.41, 5.74) is 5.71. The van der Waals surface area contributed by atoms with Crippen LogP contribution >= 0.6 is 0 Å². The smallest absolute Gasteiger partial charge is 0.224 e. The first kappa shape index (κ1) is 12.6. The monoisotopic (exact) mass is 228 g/mol. The first-order valence-electron chi connectivity index (χ1n) is 5.04. The number of nitrogens with two attached hydrogens (primary N) is 1. The molecule has 0 saturated heterocycles. The fourth-order valence-electron chi connectivity index (χ4n) is 1.23. The largest absolute Gasteiger partial charge is 0.356 e. The number of carbonyl (C=O) groups excluding carboxylic acids is 1. The summed E-state index contributed by atoms with van der Waals surface area (Å²) in [5, 5.41) is 2.63. The third-order valence-electron chi connectivity index (χ3n) is 2.05. The number of hydrogen-bond donors (Lipinski definition) is 2. The predicted octanol–water partition coefficient (Wildman–Crippen LogP) is 0.972. The number of halogens is 2. The standard InChI is InChI=1S/C11H14F2N2O/c12-9-3-2-8(6-10(9)13)7-11(16)15-5-1-4-14/h2-3,6H,1,4-5,7,14H2,(H,15,16). The summed E-state index contributed by atoms with van der Waals surface area (Å²) in [6, 6.07) is 3.43. The van der Waals surface area contributed by atoms with Crippen LogP contribution in [0.2, 0.25) is 0 Å². The van der Waals surface area contributed by atoms with Crippen LogP contribution in [0.4, 0.5) is 8.78 Å². The van der Waals surface area contributed by atoms with E-state index in [1.54, 1.807) is 0 Å². The highest BCUT2D eigenvalue weighted by molar-refractivity contribution is 5.78. The van der Waals surface area contributed by atoms with Gasteiger partial charge in [-0.1, -0.05) is 6.07 Å². The summed E-state index contributed by atoms with van der Waals surface area (Å²) in [4.78, 5) is 11.3. The molecule has 1 aromatic carbocycles. The lowest BCUT2D eigenvalue weighted by atomic mass is 10.1. The van der Waals surface area contributed by atoms with Gasteiger partial charge in [0.25, 0.3) is 0 Å². The quantitative estimate of drug-likeness (QED) is 0.738. The maximum Gasteiger partial charge on any atom is 0.224 e. The lowest BCUT2D eigenvalue weighted by Crippen LogP contribution is -2.27. The molecule has 0 aliphatic carbocycles. The molecule has 1 rings (SSSR count). The number of benzene rings is 1. The van der Waals surface area contributed by atoms with Crippen molar-refractivity contribution in [3.63, 3.8) is 0 Å². The third kappa shape index (κ3) is 3.94. The zero-order chi connectivity index (χ0) is 12.0. The minimum Gasteiger partial charge on any atom is -0.356 e. The molecule has 0 aliphatic rings. The molecule has 0 fully saturated rings. The maximum atomic E-state index is 12.8. The van der Waals surface area contributed by atoms with Crippen LogP contribution in [0, 0.1) is 11.6 Å². The Bertz CT molecular complexity index is 369. The summed E-state index contributed by atoms with van der Waals surface area (Å²) in [6.07, 6.45) is 0.741. The van der Waals surface area contributed by atoms with Crippen LogP contribution in [-0.2, 0) is 11.2 Å². The van der Waals surface area contributed by atoms with E-state index >= 15 is 0 Å². The number of carbonyl (C=O) groups is 1. The molecule has 5 heteroatoms. The predicted molar refractivity (Wildman–Crippen MR) is 56.7 cm³/mol. The highest BCUT2D eigenvalue weighted by Crippen LogP contribution is 2.08. The molecule has 3 N–H and O–H groups in total. The first-order valence-corrected chi connectivity index (χ1v) is 5.04. The van der Waals surface area contributed by atoms with E-state index in [1.807, 2.05) is 0 Å². The van der Waals surface area contributed by atoms with Gasteiger partial charge in [0, 0.05) is 6.54 Å². The van der Waals surface area contributed by atoms with E-state index in [4.69, 9.17) is 5.73 Å². The Morgan fingerprint density at radius 3 is 2.69 bits per heavy atom. The second kappa shape index (κ2) is 6.17. The Morgan fingerprint density at radius 2 is 2.06 bits per heavy atom. The number of amides is 1. The van der Waals surface area contributed by atoms with Gasteiger partial charge < -0.3 is 11.1 Å². The van der Waals surface area contributed by atoms with Gasteiger partial charge >= 0.3 is 0 Å². The Labute approximate surface area is 92.6 Å². The molecule has 0 unspecified atom stereocenters. The van der Waals surface area contributed by atoms with Gasteiger partial charge in [-0.25, -0.2) is 8.78 Å². The molecular formula is C11H14F2N2O. The second-order valence-electron chi connectivity index (χ2n) is 3.42. The Hall–Kier alpha value is -1.49. The van der Waals surface area contributed by atoms with Crippen molar-refractivity contribution in [1.82, 2.24) is 5.32 Å². The number of hydrogen-bond acceptors (Lipinski definition) is 2. The van der Waals surface area contributed by atoms with E-state index in [0.29, 0.717) is 25.1 Å². The molecule has 0 aromatic heterocycles. The van der Waals surface area contributed by atoms with Crippen LogP contribution in [-0.4, -0.2) is 19.0 Å². The molecule has 3 nitrogen and oxygen atoms in total. The van der Waals surface area contributed by atoms with Crippen LogP contribution < -0.4 is 11.1 Å². The zero-order valence-electron chi connectivity index (χ0n) is 8.80. The van der Waals surface area contributed by atoms with E-state index in [0.717, 1.165) is 12.1 Å². The van der Waals surface area contributed by atoms with E-state index in [1.165, 1.54) is 6.07 Å². The second-order valence-corrected chi connectivity index (χ2v) is 3.42. The van der Waals surface area contributed by atoms with Crippen molar-refractivity contribution in [2.75, 3.05) is 13.1 Å². The molecule has 1 amide bonds. The van der Waals surface area contributed by atoms with E-state index in [-0.39, 0.29) is 12.3 Å². The van der Waals surface area contributed by atoms with E-state index in [9.17, 15) is 13.6 Å². The van der Waals surface area contributed by atoms with Gasteiger partial charge in [0.1, 0.15) is 0 Å². The Kier molecular flexibility index (Phi) is 4.85. The van der Waals surface area contributed by atoms with Crippen LogP contribution in [0.3, 0.4) is 0 Å². The van der Waals surface area contributed by atoms with Crippen molar-refractivity contribution < 1.29 is 13.6 Å². The minimum absolute atomic E-state index is 0.0434. The van der Waals surface area contributed by atoms with Crippen LogP contribution in [0.5, 0.6) is 0 Å². The van der Waals surface area contributed by atoms with Crippen molar-refractivity contribution >= 4 is 5.91 Å². The highest BCUT2D eigenvalue weighted by atomic mass is 19.2. The van der Waals surface area contributed by atoms with E-state index < -0.39 is 11.6 Å². The van der Waals surface area contributed by atoms with Gasteiger partial charge in [-0.15, -0.1) is 0 Å². The fourth-order valence-corrected chi connectivity index (χ4v) is 1.23. The van der Waals surface area contributed by atoms with Gasteiger partial charge in [0.15, 0.2) is 11.6 Å². The average molecular weight is 228 g/mol. The summed E-state index contributed by atoms with van der Waals surface area (Å²) in [6.45, 7) is 1.00. The molecule has 0 aliphatic heterocycles. The van der Waals surface area contributed by atoms with Crippen molar-refractivity contribution in [3.05, 3.63) is 35.4 Å². The molecule has 1 aromatic rings. The van der Waals surface area contributed by atoms with Crippen molar-refractivity contribution in [2.45, 2.75) is 12.8 Å². The van der Waals surface area contributed by atoms with Gasteiger partial charge in [0.05, 0.1) is 6.42 Å². The molecule has 0 radical (unpaired) electrons. The molecule has 0 spiro atoms. The van der Waals surface area contributed by atoms with Crippen molar-refractivity contribution in [1.29, 1.82) is 0 Å². The minimum atomic E-state index is -0.938. The lowest BCUT2D eigenvalue weighted by molar-refractivity contribution is -0.120. The average Bonchev–Trinajstić information content (AvgIpc) is 2.24. The first-order chi connectivity index (χ1) is 7.63. The SMILES string of the molecule is NCCCNC(=O)Cc1ccc(F)c(F)c1. The zero-order valence-corrected chi connectivity index (χ0v) is 8.80. The normalized spacial score (nSPS) is 10.2.